The first-order chi connectivity index (χ1) is 15.9. The zero-order valence-corrected chi connectivity index (χ0v) is 21.3. The first kappa shape index (κ1) is 23.5. The van der Waals surface area contributed by atoms with Crippen molar-refractivity contribution in [3.05, 3.63) is 5.76 Å². The molecule has 33 heavy (non-hydrogen) atoms. The van der Waals surface area contributed by atoms with Crippen molar-refractivity contribution >= 4 is 17.7 Å². The van der Waals surface area contributed by atoms with E-state index in [1.54, 1.807) is 11.8 Å². The maximum absolute atomic E-state index is 13.4. The molecule has 2 N–H and O–H groups in total. The van der Waals surface area contributed by atoms with E-state index >= 15 is 0 Å². The molecular weight excluding hydrogens is 434 g/mol. The summed E-state index contributed by atoms with van der Waals surface area (Å²) in [7, 11) is 0. The average Bonchev–Trinajstić information content (AvgIpc) is 3.22. The van der Waals surface area contributed by atoms with Gasteiger partial charge >= 0.3 is 0 Å². The van der Waals surface area contributed by atoms with Crippen LogP contribution in [0.25, 0.3) is 0 Å². The predicted octanol–water partition coefficient (Wildman–Crippen LogP) is 5.28. The van der Waals surface area contributed by atoms with Crippen molar-refractivity contribution in [3.8, 4) is 5.88 Å². The van der Waals surface area contributed by atoms with Gasteiger partial charge in [0.25, 0.3) is 11.8 Å². The highest BCUT2D eigenvalue weighted by Crippen LogP contribution is 2.61. The van der Waals surface area contributed by atoms with E-state index in [9.17, 15) is 4.79 Å². The Hall–Kier alpha value is -1.21. The van der Waals surface area contributed by atoms with Crippen LogP contribution in [0.15, 0.2) is 9.42 Å². The van der Waals surface area contributed by atoms with Gasteiger partial charge in [-0.2, -0.15) is 0 Å². The molecule has 5 fully saturated rings. The number of hydrogen-bond donors (Lipinski definition) is 2. The molecule has 4 aliphatic carbocycles. The third-order valence-electron chi connectivity index (χ3n) is 9.25. The number of aromatic nitrogens is 1. The number of thioether (sulfide) groups is 1. The maximum Gasteiger partial charge on any atom is 0.291 e. The van der Waals surface area contributed by atoms with Crippen LogP contribution in [0.4, 0.5) is 0 Å². The van der Waals surface area contributed by atoms with E-state index in [2.05, 4.69) is 36.6 Å². The van der Waals surface area contributed by atoms with Gasteiger partial charge in [-0.15, -0.1) is 11.8 Å². The van der Waals surface area contributed by atoms with Gasteiger partial charge in [-0.25, -0.2) is 0 Å². The fourth-order valence-electron chi connectivity index (χ4n) is 6.78. The molecule has 6 rings (SSSR count). The molecule has 0 unspecified atom stereocenters. The van der Waals surface area contributed by atoms with E-state index < -0.39 is 0 Å². The third kappa shape index (κ3) is 4.82. The smallest absolute Gasteiger partial charge is 0.291 e. The lowest BCUT2D eigenvalue weighted by atomic mass is 9.45. The highest BCUT2D eigenvalue weighted by atomic mass is 32.2. The lowest BCUT2D eigenvalue weighted by Crippen LogP contribution is -2.60. The molecule has 6 nitrogen and oxygen atoms in total. The van der Waals surface area contributed by atoms with Gasteiger partial charge in [0.15, 0.2) is 0 Å². The summed E-state index contributed by atoms with van der Waals surface area (Å²) in [4.78, 5) is 14.2. The van der Waals surface area contributed by atoms with Crippen LogP contribution >= 0.6 is 11.8 Å². The van der Waals surface area contributed by atoms with Crippen LogP contribution in [0, 0.1) is 29.1 Å². The molecule has 1 saturated heterocycles. The molecule has 1 amide bonds. The Morgan fingerprint density at radius 1 is 1.18 bits per heavy atom. The van der Waals surface area contributed by atoms with E-state index in [-0.39, 0.29) is 11.9 Å². The Balaban J connectivity index is 1.29. The summed E-state index contributed by atoms with van der Waals surface area (Å²) < 4.78 is 11.9. The molecule has 0 aromatic carbocycles. The Labute approximate surface area is 202 Å². The van der Waals surface area contributed by atoms with E-state index in [1.165, 1.54) is 38.5 Å². The summed E-state index contributed by atoms with van der Waals surface area (Å²) in [6.07, 6.45) is 10.8. The molecule has 7 heteroatoms. The fraction of sp³-hybridized carbons (Fsp3) is 0.846. The Bertz CT molecular complexity index is 829. The topological polar surface area (TPSA) is 76.4 Å². The Morgan fingerprint density at radius 2 is 1.94 bits per heavy atom. The van der Waals surface area contributed by atoms with E-state index in [0.29, 0.717) is 52.6 Å². The minimum absolute atomic E-state index is 0.117. The van der Waals surface area contributed by atoms with Crippen LogP contribution < -0.4 is 15.4 Å². The Kier molecular flexibility index (Phi) is 6.99. The highest BCUT2D eigenvalue weighted by molar-refractivity contribution is 8.00. The number of carbonyl (C=O) groups is 1. The first-order valence-electron chi connectivity index (χ1n) is 13.2. The first-order valence-corrected chi connectivity index (χ1v) is 14.1. The quantitative estimate of drug-likeness (QED) is 0.559. The zero-order chi connectivity index (χ0) is 23.0. The van der Waals surface area contributed by atoms with Crippen LogP contribution in [0.5, 0.6) is 5.88 Å². The van der Waals surface area contributed by atoms with Crippen molar-refractivity contribution in [1.29, 1.82) is 0 Å². The predicted molar refractivity (Wildman–Crippen MR) is 131 cm³/mol. The van der Waals surface area contributed by atoms with Crippen LogP contribution in [-0.2, 0) is 0 Å². The van der Waals surface area contributed by atoms with E-state index in [0.717, 1.165) is 37.2 Å². The van der Waals surface area contributed by atoms with E-state index in [4.69, 9.17) is 9.26 Å². The zero-order valence-electron chi connectivity index (χ0n) is 20.5. The Morgan fingerprint density at radius 3 is 2.64 bits per heavy atom. The molecule has 2 heterocycles. The van der Waals surface area contributed by atoms with Gasteiger partial charge in [0, 0.05) is 11.3 Å². The van der Waals surface area contributed by atoms with Gasteiger partial charge in [-0.3, -0.25) is 4.79 Å². The molecular formula is C26H41N3O3S. The van der Waals surface area contributed by atoms with Gasteiger partial charge in [-0.05, 0) is 85.9 Å². The SMILES string of the molecule is C[C@H]1[C@@H](NC(=O)c2onc(OCC3CCNCC3)c2SC2CCCCC2)C[C@H]2C[C@@H]1C2(C)C. The van der Waals surface area contributed by atoms with Crippen molar-refractivity contribution in [2.75, 3.05) is 19.7 Å². The molecule has 2 bridgehead atoms. The second-order valence-corrected chi connectivity index (χ2v) is 12.9. The minimum Gasteiger partial charge on any atom is -0.474 e. The number of amides is 1. The highest BCUT2D eigenvalue weighted by Gasteiger charge is 2.56. The average molecular weight is 476 g/mol. The van der Waals surface area contributed by atoms with Crippen molar-refractivity contribution in [2.24, 2.45) is 29.1 Å². The van der Waals surface area contributed by atoms with Crippen LogP contribution in [0.2, 0.25) is 0 Å². The normalized spacial score (nSPS) is 32.2. The van der Waals surface area contributed by atoms with Gasteiger partial charge in [-0.1, -0.05) is 40.0 Å². The number of hydrogen-bond acceptors (Lipinski definition) is 6. The molecule has 4 atom stereocenters. The minimum atomic E-state index is -0.117. The number of rotatable bonds is 7. The number of nitrogens with one attached hydrogen (secondary N) is 2. The molecule has 1 aromatic rings. The standard InChI is InChI=1S/C26H41N3O3S/c1-16-20-13-18(26(20,2)3)14-21(16)28-24(30)22-23(33-19-7-5-4-6-8-19)25(29-32-22)31-15-17-9-11-27-12-10-17/h16-21,27H,4-15H2,1-3H3,(H,28,30)/t16-,18-,20+,21+/m1/s1. The summed E-state index contributed by atoms with van der Waals surface area (Å²) in [5.74, 6) is 3.18. The van der Waals surface area contributed by atoms with Gasteiger partial charge < -0.3 is 19.9 Å². The lowest BCUT2D eigenvalue weighted by Gasteiger charge is -2.62. The monoisotopic (exact) mass is 475 g/mol. The van der Waals surface area contributed by atoms with Crippen LogP contribution in [-0.4, -0.2) is 42.1 Å². The summed E-state index contributed by atoms with van der Waals surface area (Å²) in [6.45, 7) is 9.82. The van der Waals surface area contributed by atoms with Crippen LogP contribution in [0.1, 0.15) is 89.1 Å². The summed E-state index contributed by atoms with van der Waals surface area (Å²) >= 11 is 1.76. The lowest BCUT2D eigenvalue weighted by molar-refractivity contribution is -0.113. The van der Waals surface area contributed by atoms with Gasteiger partial charge in [0.2, 0.25) is 5.76 Å². The number of nitrogens with zero attached hydrogens (tertiary/aromatic N) is 1. The largest absolute Gasteiger partial charge is 0.474 e. The van der Waals surface area contributed by atoms with Crippen LogP contribution in [0.3, 0.4) is 0 Å². The van der Waals surface area contributed by atoms with Crippen molar-refractivity contribution in [3.63, 3.8) is 0 Å². The van der Waals surface area contributed by atoms with Crippen molar-refractivity contribution in [2.45, 2.75) is 94.7 Å². The third-order valence-corrected chi connectivity index (χ3v) is 10.6. The number of fused-ring (bicyclic) bond motifs is 2. The van der Waals surface area contributed by atoms with Gasteiger partial charge in [0.05, 0.1) is 6.61 Å². The second kappa shape index (κ2) is 9.80. The summed E-state index contributed by atoms with van der Waals surface area (Å²) in [5, 5.41) is 11.5. The summed E-state index contributed by atoms with van der Waals surface area (Å²) in [5.41, 5.74) is 0.407. The molecule has 4 saturated carbocycles. The number of piperidine rings is 1. The van der Waals surface area contributed by atoms with Crippen molar-refractivity contribution in [1.82, 2.24) is 15.8 Å². The van der Waals surface area contributed by atoms with Crippen molar-refractivity contribution < 1.29 is 14.1 Å². The van der Waals surface area contributed by atoms with Gasteiger partial charge in [0.1, 0.15) is 4.90 Å². The fourth-order valence-corrected chi connectivity index (χ4v) is 8.11. The molecule has 1 aliphatic heterocycles. The molecule has 0 radical (unpaired) electrons. The number of carbonyl (C=O) groups excluding carboxylic acids is 1. The molecule has 184 valence electrons. The molecule has 1 aromatic heterocycles. The number of ether oxygens (including phenoxy) is 1. The molecule has 0 spiro atoms. The maximum atomic E-state index is 13.4. The molecule has 5 aliphatic rings. The summed E-state index contributed by atoms with van der Waals surface area (Å²) in [6, 6.07) is 0.214. The van der Waals surface area contributed by atoms with E-state index in [1.807, 2.05) is 0 Å². The second-order valence-electron chi connectivity index (χ2n) is 11.6.